The predicted molar refractivity (Wildman–Crippen MR) is 136 cm³/mol. The molecule has 0 radical (unpaired) electrons. The Morgan fingerprint density at radius 3 is 2.66 bits per heavy atom. The maximum absolute atomic E-state index is 13.4. The number of hydrogen-bond acceptors (Lipinski definition) is 6. The summed E-state index contributed by atoms with van der Waals surface area (Å²) < 4.78 is 10.2. The van der Waals surface area contributed by atoms with Crippen molar-refractivity contribution in [3.63, 3.8) is 0 Å². The molecule has 5 rings (SSSR count). The molecule has 8 nitrogen and oxygen atoms in total. The Hall–Kier alpha value is -3.98. The third-order valence-corrected chi connectivity index (χ3v) is 6.86. The first-order valence-electron chi connectivity index (χ1n) is 11.3. The first kappa shape index (κ1) is 22.8. The van der Waals surface area contributed by atoms with Gasteiger partial charge in [-0.05, 0) is 43.8 Å². The van der Waals surface area contributed by atoms with E-state index >= 15 is 0 Å². The van der Waals surface area contributed by atoms with Crippen LogP contribution in [-0.4, -0.2) is 31.1 Å². The minimum Gasteiger partial charge on any atom is -0.494 e. The number of rotatable bonds is 7. The number of benzene rings is 2. The predicted octanol–water partition coefficient (Wildman–Crippen LogP) is 3.82. The van der Waals surface area contributed by atoms with Crippen molar-refractivity contribution in [2.24, 2.45) is 0 Å². The molecule has 35 heavy (non-hydrogen) atoms. The second-order valence-electron chi connectivity index (χ2n) is 8.38. The topological polar surface area (TPSA) is 87.6 Å². The molecule has 5 aromatic rings. The molecule has 0 unspecified atom stereocenters. The number of carbonyl (C=O) groups excluding carboxylic acids is 1. The first-order valence-corrected chi connectivity index (χ1v) is 12.2. The summed E-state index contributed by atoms with van der Waals surface area (Å²) in [7, 11) is 0. The maximum Gasteiger partial charge on any atom is 0.352 e. The first-order chi connectivity index (χ1) is 16.9. The van der Waals surface area contributed by atoms with Gasteiger partial charge >= 0.3 is 5.69 Å². The lowest BCUT2D eigenvalue weighted by Gasteiger charge is -2.12. The lowest BCUT2D eigenvalue weighted by molar-refractivity contribution is 0.0965. The number of aromatic nitrogens is 4. The molecule has 0 amide bonds. The van der Waals surface area contributed by atoms with Gasteiger partial charge in [0.1, 0.15) is 17.0 Å². The van der Waals surface area contributed by atoms with Gasteiger partial charge in [-0.3, -0.25) is 14.2 Å². The molecule has 0 bridgehead atoms. The molecule has 0 aliphatic carbocycles. The minimum absolute atomic E-state index is 0.174. The Labute approximate surface area is 204 Å². The number of thiophene rings is 1. The minimum atomic E-state index is -0.464. The molecule has 0 spiro atoms. The number of hydrogen-bond donors (Lipinski definition) is 0. The fourth-order valence-corrected chi connectivity index (χ4v) is 5.15. The van der Waals surface area contributed by atoms with E-state index in [1.165, 1.54) is 20.3 Å². The van der Waals surface area contributed by atoms with E-state index in [1.807, 2.05) is 57.2 Å². The molecule has 0 saturated carbocycles. The molecule has 3 heterocycles. The second kappa shape index (κ2) is 8.99. The fourth-order valence-electron chi connectivity index (χ4n) is 4.33. The quantitative estimate of drug-likeness (QED) is 0.325. The van der Waals surface area contributed by atoms with E-state index in [2.05, 4.69) is 5.10 Å². The van der Waals surface area contributed by atoms with Crippen molar-refractivity contribution >= 4 is 33.1 Å². The highest BCUT2D eigenvalue weighted by Gasteiger charge is 2.21. The second-order valence-corrected chi connectivity index (χ2v) is 9.30. The maximum atomic E-state index is 13.4. The molecule has 0 N–H and O–H groups in total. The Bertz CT molecular complexity index is 1710. The largest absolute Gasteiger partial charge is 0.494 e. The van der Waals surface area contributed by atoms with Gasteiger partial charge in [0, 0.05) is 11.1 Å². The van der Waals surface area contributed by atoms with Gasteiger partial charge in [0.2, 0.25) is 5.78 Å². The lowest BCUT2D eigenvalue weighted by atomic mass is 10.0. The standard InChI is InChI=1S/C26H24N4O4S/c1-4-34-22-8-6-5-7-18(22)14-28-24(32)23-20(11-12-35-23)30-25(28)27-29(26(30)33)15-21(31)19-10-9-16(2)13-17(19)3/h5-13H,4,14-15H2,1-3H3. The van der Waals surface area contributed by atoms with Crippen molar-refractivity contribution in [3.8, 4) is 5.75 Å². The molecule has 0 atom stereocenters. The van der Waals surface area contributed by atoms with E-state index in [4.69, 9.17) is 4.74 Å². The molecule has 2 aromatic carbocycles. The highest BCUT2D eigenvalue weighted by Crippen LogP contribution is 2.22. The number of ether oxygens (including phenoxy) is 1. The average Bonchev–Trinajstić information content (AvgIpc) is 3.43. The zero-order valence-electron chi connectivity index (χ0n) is 19.6. The van der Waals surface area contributed by atoms with Gasteiger partial charge in [-0.25, -0.2) is 13.9 Å². The molecular formula is C26H24N4O4S. The summed E-state index contributed by atoms with van der Waals surface area (Å²) in [6, 6.07) is 14.8. The van der Waals surface area contributed by atoms with E-state index in [0.717, 1.165) is 21.4 Å². The van der Waals surface area contributed by atoms with Crippen molar-refractivity contribution in [3.05, 3.63) is 97.0 Å². The molecular weight excluding hydrogens is 464 g/mol. The van der Waals surface area contributed by atoms with Crippen LogP contribution in [0.25, 0.3) is 16.0 Å². The average molecular weight is 489 g/mol. The smallest absolute Gasteiger partial charge is 0.352 e. The lowest BCUT2D eigenvalue weighted by Crippen LogP contribution is -2.27. The Morgan fingerprint density at radius 2 is 1.89 bits per heavy atom. The molecule has 0 fully saturated rings. The Kier molecular flexibility index (Phi) is 5.86. The van der Waals surface area contributed by atoms with Crippen LogP contribution >= 0.6 is 11.3 Å². The number of nitrogens with zero attached hydrogens (tertiary/aromatic N) is 4. The van der Waals surface area contributed by atoms with Gasteiger partial charge in [0.15, 0.2) is 5.78 Å². The number of Topliss-reactive ketones (excluding diaryl/α,β-unsaturated/α-hetero) is 1. The summed E-state index contributed by atoms with van der Waals surface area (Å²) in [5.41, 5.74) is 3.02. The van der Waals surface area contributed by atoms with Crippen molar-refractivity contribution < 1.29 is 9.53 Å². The zero-order chi connectivity index (χ0) is 24.7. The van der Waals surface area contributed by atoms with Crippen LogP contribution in [0.15, 0.2) is 63.5 Å². The van der Waals surface area contributed by atoms with Gasteiger partial charge in [-0.1, -0.05) is 42.0 Å². The number of ketones is 1. The van der Waals surface area contributed by atoms with Crippen LogP contribution in [0.1, 0.15) is 34.0 Å². The summed E-state index contributed by atoms with van der Waals surface area (Å²) in [6.07, 6.45) is 0. The normalized spacial score (nSPS) is 11.4. The van der Waals surface area contributed by atoms with Gasteiger partial charge < -0.3 is 4.74 Å². The van der Waals surface area contributed by atoms with E-state index < -0.39 is 5.69 Å². The number of fused-ring (bicyclic) bond motifs is 3. The van der Waals surface area contributed by atoms with E-state index in [1.54, 1.807) is 17.5 Å². The summed E-state index contributed by atoms with van der Waals surface area (Å²) in [5.74, 6) is 0.633. The van der Waals surface area contributed by atoms with E-state index in [0.29, 0.717) is 28.1 Å². The molecule has 3 aromatic heterocycles. The summed E-state index contributed by atoms with van der Waals surface area (Å²) in [6.45, 7) is 6.17. The van der Waals surface area contributed by atoms with Crippen molar-refractivity contribution in [2.45, 2.75) is 33.9 Å². The summed E-state index contributed by atoms with van der Waals surface area (Å²) >= 11 is 1.27. The number of para-hydroxylation sites is 1. The number of carbonyl (C=O) groups is 1. The van der Waals surface area contributed by atoms with Crippen LogP contribution in [-0.2, 0) is 13.1 Å². The molecule has 178 valence electrons. The van der Waals surface area contributed by atoms with E-state index in [-0.39, 0.29) is 30.2 Å². The Morgan fingerprint density at radius 1 is 1.09 bits per heavy atom. The van der Waals surface area contributed by atoms with Crippen LogP contribution in [0.2, 0.25) is 0 Å². The molecule has 0 aliphatic rings. The monoisotopic (exact) mass is 488 g/mol. The van der Waals surface area contributed by atoms with E-state index in [9.17, 15) is 14.4 Å². The molecule has 9 heteroatoms. The van der Waals surface area contributed by atoms with Crippen molar-refractivity contribution in [2.75, 3.05) is 6.61 Å². The Balaban J connectivity index is 1.66. The van der Waals surface area contributed by atoms with Crippen molar-refractivity contribution in [1.82, 2.24) is 18.7 Å². The third-order valence-electron chi connectivity index (χ3n) is 5.97. The van der Waals surface area contributed by atoms with Gasteiger partial charge in [0.05, 0.1) is 18.7 Å². The van der Waals surface area contributed by atoms with Crippen LogP contribution in [0.3, 0.4) is 0 Å². The highest BCUT2D eigenvalue weighted by atomic mass is 32.1. The SMILES string of the molecule is CCOc1ccccc1Cn1c(=O)c2sccc2n2c(=O)n(CC(=O)c3ccc(C)cc3C)nc12. The van der Waals surface area contributed by atoms with Crippen LogP contribution in [0.4, 0.5) is 0 Å². The fraction of sp³-hybridized carbons (Fsp3) is 0.231. The van der Waals surface area contributed by atoms with Gasteiger partial charge in [0.25, 0.3) is 5.56 Å². The van der Waals surface area contributed by atoms with Crippen LogP contribution in [0, 0.1) is 13.8 Å². The van der Waals surface area contributed by atoms with Crippen LogP contribution < -0.4 is 16.0 Å². The summed E-state index contributed by atoms with van der Waals surface area (Å²) in [5, 5.41) is 6.23. The summed E-state index contributed by atoms with van der Waals surface area (Å²) in [4.78, 5) is 39.9. The van der Waals surface area contributed by atoms with Gasteiger partial charge in [-0.15, -0.1) is 16.4 Å². The van der Waals surface area contributed by atoms with Crippen molar-refractivity contribution in [1.29, 1.82) is 0 Å². The van der Waals surface area contributed by atoms with Crippen LogP contribution in [0.5, 0.6) is 5.75 Å². The molecule has 0 saturated heterocycles. The third kappa shape index (κ3) is 3.97. The number of aryl methyl sites for hydroxylation is 2. The van der Waals surface area contributed by atoms with Gasteiger partial charge in [-0.2, -0.15) is 0 Å². The zero-order valence-corrected chi connectivity index (χ0v) is 20.5. The molecule has 0 aliphatic heterocycles. The highest BCUT2D eigenvalue weighted by molar-refractivity contribution is 7.17.